The number of furan rings is 1. The predicted octanol–water partition coefficient (Wildman–Crippen LogP) is 12.7. The molecule has 3 heteroatoms. The van der Waals surface area contributed by atoms with Crippen molar-refractivity contribution in [3.63, 3.8) is 0 Å². The van der Waals surface area contributed by atoms with Crippen molar-refractivity contribution in [2.45, 2.75) is 20.8 Å². The molecule has 7 aromatic carbocycles. The molecule has 9 rings (SSSR count). The van der Waals surface area contributed by atoms with Gasteiger partial charge in [0, 0.05) is 44.2 Å². The maximum atomic E-state index is 6.17. The number of aromatic nitrogens is 1. The van der Waals surface area contributed by atoms with Crippen LogP contribution in [-0.4, -0.2) is 4.57 Å². The van der Waals surface area contributed by atoms with Gasteiger partial charge in [0.2, 0.25) is 0 Å². The molecule has 0 aliphatic carbocycles. The minimum Gasteiger partial charge on any atom is -0.456 e. The zero-order valence-corrected chi connectivity index (χ0v) is 27.2. The molecule has 0 spiro atoms. The molecule has 2 aromatic heterocycles. The van der Waals surface area contributed by atoms with Crippen molar-refractivity contribution in [3.8, 4) is 16.8 Å². The van der Waals surface area contributed by atoms with Gasteiger partial charge < -0.3 is 13.9 Å². The van der Waals surface area contributed by atoms with Gasteiger partial charge in [-0.1, -0.05) is 90.5 Å². The molecule has 0 unspecified atom stereocenters. The highest BCUT2D eigenvalue weighted by molar-refractivity contribution is 6.10. The Kier molecular flexibility index (Phi) is 6.48. The number of fused-ring (bicyclic) bond motifs is 6. The van der Waals surface area contributed by atoms with E-state index in [9.17, 15) is 0 Å². The second-order valence-corrected chi connectivity index (χ2v) is 12.9. The number of hydrogen-bond donors (Lipinski definition) is 0. The molecule has 0 bridgehead atoms. The van der Waals surface area contributed by atoms with Gasteiger partial charge in [0.15, 0.2) is 0 Å². The largest absolute Gasteiger partial charge is 0.456 e. The lowest BCUT2D eigenvalue weighted by Gasteiger charge is -2.26. The van der Waals surface area contributed by atoms with E-state index in [1.165, 1.54) is 55.3 Å². The number of aryl methyl sites for hydroxylation is 3. The molecule has 3 nitrogen and oxygen atoms in total. The van der Waals surface area contributed by atoms with Gasteiger partial charge >= 0.3 is 0 Å². The predicted molar refractivity (Wildman–Crippen MR) is 202 cm³/mol. The molecule has 0 aliphatic heterocycles. The van der Waals surface area contributed by atoms with Gasteiger partial charge in [0.25, 0.3) is 0 Å². The quantitative estimate of drug-likeness (QED) is 0.191. The summed E-state index contributed by atoms with van der Waals surface area (Å²) in [7, 11) is 0. The lowest BCUT2D eigenvalue weighted by atomic mass is 10.0. The average molecular weight is 619 g/mol. The molecule has 0 saturated carbocycles. The average Bonchev–Trinajstić information content (AvgIpc) is 3.64. The number of hydrogen-bond acceptors (Lipinski definition) is 2. The molecule has 0 saturated heterocycles. The Morgan fingerprint density at radius 2 is 1.00 bits per heavy atom. The van der Waals surface area contributed by atoms with E-state index in [1.54, 1.807) is 0 Å². The van der Waals surface area contributed by atoms with Crippen molar-refractivity contribution in [3.05, 3.63) is 168 Å². The maximum Gasteiger partial charge on any atom is 0.135 e. The number of anilines is 3. The fraction of sp³-hybridized carbons (Fsp3) is 0.0667. The standard InChI is InChI=1S/C45H34N2O/c1-29-12-18-33(19-13-29)46(35-22-25-45-40(28-35)39-9-5-7-11-44(39)48-45)34-20-16-32(17-21-34)36-8-4-6-10-41(36)47-42-26-30(2)14-23-37(42)38-24-15-31(3)27-43(38)47/h4-28H,1-3H3. The molecule has 0 atom stereocenters. The molecule has 0 fully saturated rings. The molecule has 2 heterocycles. The van der Waals surface area contributed by atoms with Crippen molar-refractivity contribution in [2.24, 2.45) is 0 Å². The summed E-state index contributed by atoms with van der Waals surface area (Å²) in [6.45, 7) is 6.47. The van der Waals surface area contributed by atoms with Gasteiger partial charge in [0.05, 0.1) is 16.7 Å². The first kappa shape index (κ1) is 28.2. The minimum absolute atomic E-state index is 0.895. The Morgan fingerprint density at radius 1 is 0.438 bits per heavy atom. The fourth-order valence-corrected chi connectivity index (χ4v) is 7.20. The van der Waals surface area contributed by atoms with Gasteiger partial charge in [0.1, 0.15) is 11.2 Å². The molecule has 0 N–H and O–H groups in total. The van der Waals surface area contributed by atoms with Crippen molar-refractivity contribution >= 4 is 60.8 Å². The third-order valence-electron chi connectivity index (χ3n) is 9.57. The topological polar surface area (TPSA) is 21.3 Å². The van der Waals surface area contributed by atoms with Crippen LogP contribution in [0.3, 0.4) is 0 Å². The smallest absolute Gasteiger partial charge is 0.135 e. The first-order chi connectivity index (χ1) is 23.5. The lowest BCUT2D eigenvalue weighted by molar-refractivity contribution is 0.669. The van der Waals surface area contributed by atoms with Crippen LogP contribution in [0.2, 0.25) is 0 Å². The van der Waals surface area contributed by atoms with Crippen LogP contribution in [0.25, 0.3) is 60.6 Å². The Balaban J connectivity index is 1.19. The number of para-hydroxylation sites is 2. The number of benzene rings is 7. The summed E-state index contributed by atoms with van der Waals surface area (Å²) >= 11 is 0. The summed E-state index contributed by atoms with van der Waals surface area (Å²) in [6, 6.07) is 54.8. The van der Waals surface area contributed by atoms with Gasteiger partial charge in [-0.15, -0.1) is 0 Å². The summed E-state index contributed by atoms with van der Waals surface area (Å²) < 4.78 is 8.61. The van der Waals surface area contributed by atoms with Crippen molar-refractivity contribution in [1.82, 2.24) is 4.57 Å². The van der Waals surface area contributed by atoms with E-state index in [1.807, 2.05) is 12.1 Å². The third-order valence-corrected chi connectivity index (χ3v) is 9.57. The van der Waals surface area contributed by atoms with Crippen LogP contribution in [-0.2, 0) is 0 Å². The summed E-state index contributed by atoms with van der Waals surface area (Å²) in [5, 5.41) is 4.79. The van der Waals surface area contributed by atoms with E-state index in [0.29, 0.717) is 0 Å². The van der Waals surface area contributed by atoms with Crippen LogP contribution in [0.15, 0.2) is 156 Å². The van der Waals surface area contributed by atoms with E-state index < -0.39 is 0 Å². The normalized spacial score (nSPS) is 11.6. The maximum absolute atomic E-state index is 6.17. The van der Waals surface area contributed by atoms with Crippen molar-refractivity contribution in [1.29, 1.82) is 0 Å². The Bertz CT molecular complexity index is 2580. The molecule has 0 aliphatic rings. The van der Waals surface area contributed by atoms with Crippen molar-refractivity contribution < 1.29 is 4.42 Å². The van der Waals surface area contributed by atoms with Crippen LogP contribution < -0.4 is 4.90 Å². The first-order valence-electron chi connectivity index (χ1n) is 16.5. The monoisotopic (exact) mass is 618 g/mol. The van der Waals surface area contributed by atoms with Crippen LogP contribution in [0.1, 0.15) is 16.7 Å². The fourth-order valence-electron chi connectivity index (χ4n) is 7.20. The summed E-state index contributed by atoms with van der Waals surface area (Å²) in [5.74, 6) is 0. The van der Waals surface area contributed by atoms with Crippen LogP contribution in [0, 0.1) is 20.8 Å². The summed E-state index contributed by atoms with van der Waals surface area (Å²) in [6.07, 6.45) is 0. The molecule has 0 radical (unpaired) electrons. The lowest BCUT2D eigenvalue weighted by Crippen LogP contribution is -2.09. The Hall–Kier alpha value is -6.06. The molecule has 48 heavy (non-hydrogen) atoms. The van der Waals surface area contributed by atoms with Gasteiger partial charge in [-0.25, -0.2) is 0 Å². The van der Waals surface area contributed by atoms with Crippen LogP contribution in [0.5, 0.6) is 0 Å². The Labute approximate surface area is 279 Å². The van der Waals surface area contributed by atoms with Crippen LogP contribution >= 0.6 is 0 Å². The molecular weight excluding hydrogens is 585 g/mol. The molecular formula is C45H34N2O. The SMILES string of the molecule is Cc1ccc(N(c2ccc(-c3ccccc3-n3c4cc(C)ccc4c4ccc(C)cc43)cc2)c2ccc3oc4ccccc4c3c2)cc1. The highest BCUT2D eigenvalue weighted by atomic mass is 16.3. The van der Waals surface area contributed by atoms with E-state index in [4.69, 9.17) is 4.42 Å². The van der Waals surface area contributed by atoms with Crippen molar-refractivity contribution in [2.75, 3.05) is 4.90 Å². The highest BCUT2D eigenvalue weighted by Crippen LogP contribution is 2.41. The van der Waals surface area contributed by atoms with Gasteiger partial charge in [-0.2, -0.15) is 0 Å². The third kappa shape index (κ3) is 4.58. The zero-order chi connectivity index (χ0) is 32.4. The second kappa shape index (κ2) is 11.0. The Morgan fingerprint density at radius 3 is 1.71 bits per heavy atom. The van der Waals surface area contributed by atoms with Gasteiger partial charge in [-0.3, -0.25) is 0 Å². The molecule has 230 valence electrons. The van der Waals surface area contributed by atoms with Gasteiger partial charge in [-0.05, 0) is 104 Å². The van der Waals surface area contributed by atoms with E-state index in [0.717, 1.165) is 39.0 Å². The van der Waals surface area contributed by atoms with E-state index in [-0.39, 0.29) is 0 Å². The molecule has 0 amide bonds. The minimum atomic E-state index is 0.895. The summed E-state index contributed by atoms with van der Waals surface area (Å²) in [5.41, 5.74) is 14.8. The zero-order valence-electron chi connectivity index (χ0n) is 27.2. The number of rotatable bonds is 5. The van der Waals surface area contributed by atoms with Crippen LogP contribution in [0.4, 0.5) is 17.1 Å². The van der Waals surface area contributed by atoms with E-state index >= 15 is 0 Å². The molecule has 9 aromatic rings. The second-order valence-electron chi connectivity index (χ2n) is 12.9. The first-order valence-corrected chi connectivity index (χ1v) is 16.5. The van der Waals surface area contributed by atoms with E-state index in [2.05, 4.69) is 170 Å². The summed E-state index contributed by atoms with van der Waals surface area (Å²) in [4.78, 5) is 2.33. The number of nitrogens with zero attached hydrogens (tertiary/aromatic N) is 2. The highest BCUT2D eigenvalue weighted by Gasteiger charge is 2.18.